The molecule has 1 aromatic rings. The molecular formula is C15H23ClFN3O2. The van der Waals surface area contributed by atoms with Crippen LogP contribution < -0.4 is 16.0 Å². The number of nitrogens with one attached hydrogen (secondary N) is 3. The molecule has 22 heavy (non-hydrogen) atoms. The molecule has 1 rings (SSSR count). The minimum atomic E-state index is -0.434. The predicted molar refractivity (Wildman–Crippen MR) is 86.8 cm³/mol. The van der Waals surface area contributed by atoms with Gasteiger partial charge in [0.1, 0.15) is 5.82 Å². The molecule has 0 spiro atoms. The lowest BCUT2D eigenvalue weighted by molar-refractivity contribution is -0.121. The molecule has 0 atom stereocenters. The normalized spacial score (nSPS) is 9.73. The fourth-order valence-corrected chi connectivity index (χ4v) is 1.76. The lowest BCUT2D eigenvalue weighted by Gasteiger charge is -2.07. The maximum atomic E-state index is 13.0. The van der Waals surface area contributed by atoms with Gasteiger partial charge in [0.25, 0.3) is 5.91 Å². The third-order valence-electron chi connectivity index (χ3n) is 2.88. The summed E-state index contributed by atoms with van der Waals surface area (Å²) in [6, 6.07) is 5.54. The second-order valence-electron chi connectivity index (χ2n) is 4.68. The molecule has 0 aromatic heterocycles. The third-order valence-corrected chi connectivity index (χ3v) is 2.88. The van der Waals surface area contributed by atoms with Crippen LogP contribution in [0.15, 0.2) is 24.3 Å². The van der Waals surface area contributed by atoms with Crippen LogP contribution in [-0.2, 0) is 4.79 Å². The Hall–Kier alpha value is -1.66. The molecule has 0 heterocycles. The van der Waals surface area contributed by atoms with Crippen molar-refractivity contribution in [3.8, 4) is 0 Å². The molecular weight excluding hydrogens is 309 g/mol. The van der Waals surface area contributed by atoms with Gasteiger partial charge in [0, 0.05) is 25.1 Å². The largest absolute Gasteiger partial charge is 0.356 e. The molecule has 0 bridgehead atoms. The molecule has 1 aromatic carbocycles. The first kappa shape index (κ1) is 20.3. The van der Waals surface area contributed by atoms with E-state index < -0.39 is 5.82 Å². The number of hydrogen-bond donors (Lipinski definition) is 3. The van der Waals surface area contributed by atoms with Crippen LogP contribution in [-0.4, -0.2) is 38.5 Å². The molecule has 0 saturated carbocycles. The van der Waals surface area contributed by atoms with Crippen LogP contribution in [0.5, 0.6) is 0 Å². The molecule has 5 nitrogen and oxygen atoms in total. The molecule has 2 amide bonds. The van der Waals surface area contributed by atoms with Crippen LogP contribution in [0.4, 0.5) is 4.39 Å². The van der Waals surface area contributed by atoms with Crippen LogP contribution in [0.25, 0.3) is 0 Å². The van der Waals surface area contributed by atoms with Crippen molar-refractivity contribution in [2.75, 3.05) is 26.7 Å². The average molecular weight is 332 g/mol. The summed E-state index contributed by atoms with van der Waals surface area (Å²) in [4.78, 5) is 23.1. The Morgan fingerprint density at radius 1 is 1.09 bits per heavy atom. The van der Waals surface area contributed by atoms with Gasteiger partial charge < -0.3 is 16.0 Å². The van der Waals surface area contributed by atoms with Gasteiger partial charge in [-0.1, -0.05) is 6.07 Å². The maximum absolute atomic E-state index is 13.0. The first-order chi connectivity index (χ1) is 10.1. The Kier molecular flexibility index (Phi) is 11.0. The number of carbonyl (C=O) groups excluding carboxylic acids is 2. The standard InChI is InChI=1S/C15H22FN3O2.ClH/c1-17-8-3-7-14(20)18-9-4-10-19-15(21)12-5-2-6-13(16)11-12;/h2,5-6,11,17H,3-4,7-10H2,1H3,(H,18,20)(H,19,21);1H. The third kappa shape index (κ3) is 8.59. The Morgan fingerprint density at radius 3 is 2.50 bits per heavy atom. The summed E-state index contributed by atoms with van der Waals surface area (Å²) in [7, 11) is 1.85. The highest BCUT2D eigenvalue weighted by atomic mass is 35.5. The number of halogens is 2. The zero-order valence-corrected chi connectivity index (χ0v) is 13.5. The molecule has 0 fully saturated rings. The minimum Gasteiger partial charge on any atom is -0.356 e. The number of rotatable bonds is 9. The van der Waals surface area contributed by atoms with E-state index in [1.807, 2.05) is 7.05 Å². The molecule has 0 aliphatic rings. The summed E-state index contributed by atoms with van der Waals surface area (Å²) in [5.74, 6) is -0.729. The fourth-order valence-electron chi connectivity index (χ4n) is 1.76. The zero-order valence-electron chi connectivity index (χ0n) is 12.7. The second-order valence-corrected chi connectivity index (χ2v) is 4.68. The summed E-state index contributed by atoms with van der Waals surface area (Å²) in [5.41, 5.74) is 0.297. The van der Waals surface area contributed by atoms with E-state index in [1.165, 1.54) is 18.2 Å². The first-order valence-corrected chi connectivity index (χ1v) is 7.08. The Bertz CT molecular complexity index is 472. The van der Waals surface area contributed by atoms with Crippen molar-refractivity contribution in [1.82, 2.24) is 16.0 Å². The van der Waals surface area contributed by atoms with Gasteiger partial charge >= 0.3 is 0 Å². The van der Waals surface area contributed by atoms with Crippen LogP contribution >= 0.6 is 12.4 Å². The van der Waals surface area contributed by atoms with Gasteiger partial charge in [0.15, 0.2) is 0 Å². The van der Waals surface area contributed by atoms with Gasteiger partial charge in [-0.2, -0.15) is 0 Å². The molecule has 0 aliphatic heterocycles. The SMILES string of the molecule is CNCCCC(=O)NCCCNC(=O)c1cccc(F)c1.Cl. The summed E-state index contributed by atoms with van der Waals surface area (Å²) in [6.45, 7) is 1.77. The van der Waals surface area contributed by atoms with E-state index in [4.69, 9.17) is 0 Å². The van der Waals surface area contributed by atoms with Crippen LogP contribution in [0.2, 0.25) is 0 Å². The number of carbonyl (C=O) groups is 2. The second kappa shape index (κ2) is 11.9. The van der Waals surface area contributed by atoms with E-state index in [1.54, 1.807) is 6.07 Å². The van der Waals surface area contributed by atoms with Crippen molar-refractivity contribution in [2.24, 2.45) is 0 Å². The monoisotopic (exact) mass is 331 g/mol. The molecule has 0 unspecified atom stereocenters. The Balaban J connectivity index is 0.00000441. The van der Waals surface area contributed by atoms with Gasteiger partial charge in [-0.3, -0.25) is 9.59 Å². The quantitative estimate of drug-likeness (QED) is 0.600. The Morgan fingerprint density at radius 2 is 1.82 bits per heavy atom. The van der Waals surface area contributed by atoms with Gasteiger partial charge in [-0.25, -0.2) is 4.39 Å². The van der Waals surface area contributed by atoms with Gasteiger partial charge in [0.05, 0.1) is 0 Å². The fraction of sp³-hybridized carbons (Fsp3) is 0.467. The summed E-state index contributed by atoms with van der Waals surface area (Å²) < 4.78 is 13.0. The van der Waals surface area contributed by atoms with Crippen molar-refractivity contribution >= 4 is 24.2 Å². The van der Waals surface area contributed by atoms with Crippen molar-refractivity contribution in [1.29, 1.82) is 0 Å². The summed E-state index contributed by atoms with van der Waals surface area (Å²) in [5, 5.41) is 8.45. The highest BCUT2D eigenvalue weighted by Gasteiger charge is 2.05. The van der Waals surface area contributed by atoms with Crippen LogP contribution in [0.3, 0.4) is 0 Å². The number of hydrogen-bond acceptors (Lipinski definition) is 3. The van der Waals surface area contributed by atoms with Crippen LogP contribution in [0, 0.1) is 5.82 Å². The van der Waals surface area contributed by atoms with E-state index in [-0.39, 0.29) is 24.2 Å². The van der Waals surface area contributed by atoms with Crippen LogP contribution in [0.1, 0.15) is 29.6 Å². The zero-order chi connectivity index (χ0) is 15.5. The smallest absolute Gasteiger partial charge is 0.251 e. The average Bonchev–Trinajstić information content (AvgIpc) is 2.47. The van der Waals surface area contributed by atoms with E-state index >= 15 is 0 Å². The number of benzene rings is 1. The van der Waals surface area contributed by atoms with Crippen molar-refractivity contribution < 1.29 is 14.0 Å². The van der Waals surface area contributed by atoms with E-state index in [0.29, 0.717) is 31.5 Å². The molecule has 7 heteroatoms. The van der Waals surface area contributed by atoms with Crippen molar-refractivity contribution in [3.63, 3.8) is 0 Å². The van der Waals surface area contributed by atoms with Crippen molar-refractivity contribution in [3.05, 3.63) is 35.6 Å². The first-order valence-electron chi connectivity index (χ1n) is 7.08. The van der Waals surface area contributed by atoms with E-state index in [2.05, 4.69) is 16.0 Å². The molecule has 3 N–H and O–H groups in total. The summed E-state index contributed by atoms with van der Waals surface area (Å²) >= 11 is 0. The molecule has 0 saturated heterocycles. The predicted octanol–water partition coefficient (Wildman–Crippen LogP) is 1.48. The molecule has 124 valence electrons. The topological polar surface area (TPSA) is 70.2 Å². The highest BCUT2D eigenvalue weighted by Crippen LogP contribution is 2.02. The molecule has 0 radical (unpaired) electrons. The van der Waals surface area contributed by atoms with E-state index in [0.717, 1.165) is 13.0 Å². The van der Waals surface area contributed by atoms with Crippen molar-refractivity contribution in [2.45, 2.75) is 19.3 Å². The van der Waals surface area contributed by atoms with Gasteiger partial charge in [0.2, 0.25) is 5.91 Å². The highest BCUT2D eigenvalue weighted by molar-refractivity contribution is 5.94. The number of amides is 2. The van der Waals surface area contributed by atoms with E-state index in [9.17, 15) is 14.0 Å². The van der Waals surface area contributed by atoms with Gasteiger partial charge in [-0.05, 0) is 44.6 Å². The maximum Gasteiger partial charge on any atom is 0.251 e. The van der Waals surface area contributed by atoms with Gasteiger partial charge in [-0.15, -0.1) is 12.4 Å². The molecule has 0 aliphatic carbocycles. The lowest BCUT2D eigenvalue weighted by atomic mass is 10.2. The summed E-state index contributed by atoms with van der Waals surface area (Å²) in [6.07, 6.45) is 1.94. The minimum absolute atomic E-state index is 0. The lowest BCUT2D eigenvalue weighted by Crippen LogP contribution is -2.30. The Labute approximate surface area is 136 Å².